The molecule has 3 heterocycles. The zero-order valence-corrected chi connectivity index (χ0v) is 12.3. The summed E-state index contributed by atoms with van der Waals surface area (Å²) in [4.78, 5) is 10.5. The molecule has 110 valence electrons. The van der Waals surface area contributed by atoms with Crippen molar-refractivity contribution in [1.29, 1.82) is 0 Å². The maximum absolute atomic E-state index is 4.46. The van der Waals surface area contributed by atoms with Gasteiger partial charge < -0.3 is 10.3 Å². The molecule has 0 spiro atoms. The molecule has 3 aliphatic rings. The monoisotopic (exact) mass is 274 g/mol. The van der Waals surface area contributed by atoms with E-state index in [0.717, 1.165) is 24.9 Å². The van der Waals surface area contributed by atoms with Crippen LogP contribution in [-0.2, 0) is 13.0 Å². The number of fused-ring (bicyclic) bond motifs is 1. The third kappa shape index (κ3) is 2.40. The summed E-state index contributed by atoms with van der Waals surface area (Å²) in [6.07, 6.45) is 11.7. The molecule has 0 amide bonds. The lowest BCUT2D eigenvalue weighted by atomic mass is 9.95. The highest BCUT2D eigenvalue weighted by molar-refractivity contribution is 5.16. The van der Waals surface area contributed by atoms with Crippen molar-refractivity contribution in [3.05, 3.63) is 17.7 Å². The van der Waals surface area contributed by atoms with Crippen LogP contribution in [0.1, 0.15) is 49.9 Å². The van der Waals surface area contributed by atoms with E-state index < -0.39 is 0 Å². The smallest absolute Gasteiger partial charge is 0.0925 e. The van der Waals surface area contributed by atoms with E-state index in [-0.39, 0.29) is 0 Å². The van der Waals surface area contributed by atoms with Crippen molar-refractivity contribution in [2.45, 2.75) is 63.6 Å². The predicted octanol–water partition coefficient (Wildman–Crippen LogP) is 2.08. The first-order valence-electron chi connectivity index (χ1n) is 8.39. The minimum absolute atomic E-state index is 0.591. The van der Waals surface area contributed by atoms with Gasteiger partial charge in [-0.2, -0.15) is 0 Å². The van der Waals surface area contributed by atoms with Gasteiger partial charge in [0.2, 0.25) is 0 Å². The molecule has 1 aliphatic carbocycles. The highest BCUT2D eigenvalue weighted by Gasteiger charge is 2.34. The Morgan fingerprint density at radius 2 is 2.10 bits per heavy atom. The number of aromatic nitrogens is 2. The standard InChI is InChI=1S/C16H26N4/c1-2-5-12(4-1)16-6-3-7-20(16)10-13-8-14-15(9-17-13)19-11-18-14/h11-13,16-17H,1-10H2,(H,18,19). The summed E-state index contributed by atoms with van der Waals surface area (Å²) in [5.41, 5.74) is 2.57. The minimum Gasteiger partial charge on any atom is -0.347 e. The van der Waals surface area contributed by atoms with Gasteiger partial charge in [0.1, 0.15) is 0 Å². The number of imidazole rings is 1. The molecule has 2 fully saturated rings. The molecule has 0 aromatic carbocycles. The van der Waals surface area contributed by atoms with E-state index in [4.69, 9.17) is 0 Å². The number of hydrogen-bond donors (Lipinski definition) is 2. The van der Waals surface area contributed by atoms with Crippen molar-refractivity contribution in [2.24, 2.45) is 5.92 Å². The fourth-order valence-corrected chi connectivity index (χ4v) is 4.60. The van der Waals surface area contributed by atoms with Gasteiger partial charge in [-0.25, -0.2) is 4.98 Å². The fraction of sp³-hybridized carbons (Fsp3) is 0.812. The summed E-state index contributed by atoms with van der Waals surface area (Å²) in [6.45, 7) is 3.49. The maximum Gasteiger partial charge on any atom is 0.0925 e. The van der Waals surface area contributed by atoms with Crippen molar-refractivity contribution in [1.82, 2.24) is 20.2 Å². The number of likely N-dealkylation sites (tertiary alicyclic amines) is 1. The quantitative estimate of drug-likeness (QED) is 0.887. The molecule has 0 bridgehead atoms. The Morgan fingerprint density at radius 1 is 1.20 bits per heavy atom. The maximum atomic E-state index is 4.46. The van der Waals surface area contributed by atoms with Crippen LogP contribution in [0.3, 0.4) is 0 Å². The van der Waals surface area contributed by atoms with Gasteiger partial charge in [-0.05, 0) is 38.1 Å². The van der Waals surface area contributed by atoms with Crippen molar-refractivity contribution >= 4 is 0 Å². The van der Waals surface area contributed by atoms with Gasteiger partial charge in [0, 0.05) is 31.6 Å². The fourth-order valence-electron chi connectivity index (χ4n) is 4.60. The molecule has 2 atom stereocenters. The summed E-state index contributed by atoms with van der Waals surface area (Å²) >= 11 is 0. The molecule has 1 saturated heterocycles. The molecule has 1 saturated carbocycles. The van der Waals surface area contributed by atoms with Crippen LogP contribution in [0.2, 0.25) is 0 Å². The van der Waals surface area contributed by atoms with Crippen LogP contribution in [-0.4, -0.2) is 40.0 Å². The van der Waals surface area contributed by atoms with Crippen molar-refractivity contribution in [2.75, 3.05) is 13.1 Å². The molecule has 2 N–H and O–H groups in total. The number of aromatic amines is 1. The number of hydrogen-bond acceptors (Lipinski definition) is 3. The van der Waals surface area contributed by atoms with E-state index in [1.807, 2.05) is 6.33 Å². The van der Waals surface area contributed by atoms with Crippen molar-refractivity contribution in [3.8, 4) is 0 Å². The molecule has 4 heteroatoms. The zero-order valence-electron chi connectivity index (χ0n) is 12.3. The highest BCUT2D eigenvalue weighted by Crippen LogP contribution is 2.35. The van der Waals surface area contributed by atoms with Gasteiger partial charge in [-0.3, -0.25) is 4.90 Å². The summed E-state index contributed by atoms with van der Waals surface area (Å²) in [5.74, 6) is 0.988. The number of rotatable bonds is 3. The van der Waals surface area contributed by atoms with Crippen LogP contribution >= 0.6 is 0 Å². The molecule has 1 aromatic heterocycles. The lowest BCUT2D eigenvalue weighted by Crippen LogP contribution is -2.47. The largest absolute Gasteiger partial charge is 0.347 e. The molecule has 4 nitrogen and oxygen atoms in total. The highest BCUT2D eigenvalue weighted by atomic mass is 15.2. The number of H-pyrrole nitrogens is 1. The van der Waals surface area contributed by atoms with Crippen molar-refractivity contribution in [3.63, 3.8) is 0 Å². The number of nitrogens with zero attached hydrogens (tertiary/aromatic N) is 2. The van der Waals surface area contributed by atoms with Crippen LogP contribution in [0.4, 0.5) is 0 Å². The predicted molar refractivity (Wildman–Crippen MR) is 79.5 cm³/mol. The SMILES string of the molecule is c1nc2c([nH]1)CNC(CN1CCCC1C1CCCC1)C2. The van der Waals surface area contributed by atoms with E-state index >= 15 is 0 Å². The van der Waals surface area contributed by atoms with E-state index in [2.05, 4.69) is 20.2 Å². The van der Waals surface area contributed by atoms with Gasteiger partial charge in [0.05, 0.1) is 17.7 Å². The van der Waals surface area contributed by atoms with Crippen molar-refractivity contribution < 1.29 is 0 Å². The van der Waals surface area contributed by atoms with Gasteiger partial charge in [-0.15, -0.1) is 0 Å². The molecule has 0 radical (unpaired) electrons. The Hall–Kier alpha value is -0.870. The Morgan fingerprint density at radius 3 is 3.00 bits per heavy atom. The third-order valence-electron chi connectivity index (χ3n) is 5.63. The van der Waals surface area contributed by atoms with Crippen LogP contribution < -0.4 is 5.32 Å². The van der Waals surface area contributed by atoms with Crippen LogP contribution in [0.5, 0.6) is 0 Å². The molecule has 2 unspecified atom stereocenters. The molecular formula is C16H26N4. The Bertz CT molecular complexity index is 449. The topological polar surface area (TPSA) is 44.0 Å². The lowest BCUT2D eigenvalue weighted by molar-refractivity contribution is 0.169. The summed E-state index contributed by atoms with van der Waals surface area (Å²) in [6, 6.07) is 1.47. The molecule has 4 rings (SSSR count). The lowest BCUT2D eigenvalue weighted by Gasteiger charge is -2.34. The summed E-state index contributed by atoms with van der Waals surface area (Å²) in [5, 5.41) is 3.69. The molecule has 20 heavy (non-hydrogen) atoms. The van der Waals surface area contributed by atoms with E-state index in [9.17, 15) is 0 Å². The molecule has 1 aromatic rings. The van der Waals surface area contributed by atoms with E-state index in [0.29, 0.717) is 6.04 Å². The zero-order chi connectivity index (χ0) is 13.4. The summed E-state index contributed by atoms with van der Waals surface area (Å²) in [7, 11) is 0. The summed E-state index contributed by atoms with van der Waals surface area (Å²) < 4.78 is 0. The first-order chi connectivity index (χ1) is 9.90. The Labute approximate surface area is 121 Å². The minimum atomic E-state index is 0.591. The average Bonchev–Trinajstić information content (AvgIpc) is 3.19. The van der Waals surface area contributed by atoms with Crippen LogP contribution in [0.15, 0.2) is 6.33 Å². The van der Waals surface area contributed by atoms with Gasteiger partial charge in [0.25, 0.3) is 0 Å². The second-order valence-electron chi connectivity index (χ2n) is 6.86. The average molecular weight is 274 g/mol. The Kier molecular flexibility index (Phi) is 3.52. The first-order valence-corrected chi connectivity index (χ1v) is 8.39. The molecular weight excluding hydrogens is 248 g/mol. The third-order valence-corrected chi connectivity index (χ3v) is 5.63. The normalized spacial score (nSPS) is 31.8. The number of nitrogens with one attached hydrogen (secondary N) is 2. The van der Waals surface area contributed by atoms with Gasteiger partial charge >= 0.3 is 0 Å². The molecule has 2 aliphatic heterocycles. The van der Waals surface area contributed by atoms with Crippen LogP contribution in [0.25, 0.3) is 0 Å². The van der Waals surface area contributed by atoms with Gasteiger partial charge in [0.15, 0.2) is 0 Å². The second kappa shape index (κ2) is 5.49. The second-order valence-corrected chi connectivity index (χ2v) is 6.86. The van der Waals surface area contributed by atoms with Crippen LogP contribution in [0, 0.1) is 5.92 Å². The van der Waals surface area contributed by atoms with E-state index in [1.165, 1.54) is 63.0 Å². The van der Waals surface area contributed by atoms with Gasteiger partial charge in [-0.1, -0.05) is 12.8 Å². The first kappa shape index (κ1) is 12.8. The van der Waals surface area contributed by atoms with E-state index in [1.54, 1.807) is 0 Å². The Balaban J connectivity index is 1.39.